The Morgan fingerprint density at radius 3 is 2.79 bits per heavy atom. The van der Waals surface area contributed by atoms with E-state index in [2.05, 4.69) is 38.9 Å². The van der Waals surface area contributed by atoms with Crippen molar-refractivity contribution in [1.82, 2.24) is 20.2 Å². The number of aromatic nitrogens is 4. The Bertz CT molecular complexity index is 991. The molecule has 0 bridgehead atoms. The van der Waals surface area contributed by atoms with E-state index in [1.807, 2.05) is 24.3 Å². The molecule has 5 rings (SSSR count). The molecule has 8 nitrogen and oxygen atoms in total. The third kappa shape index (κ3) is 3.77. The highest BCUT2D eigenvalue weighted by Crippen LogP contribution is 2.30. The first-order valence-electron chi connectivity index (χ1n) is 10.1. The van der Waals surface area contributed by atoms with Crippen LogP contribution < -0.4 is 9.64 Å². The van der Waals surface area contributed by atoms with Crippen LogP contribution in [0.25, 0.3) is 22.3 Å². The molecule has 0 amide bonds. The minimum Gasteiger partial charge on any atom is -0.488 e. The van der Waals surface area contributed by atoms with E-state index in [1.54, 1.807) is 6.33 Å². The minimum absolute atomic E-state index is 0.110. The number of benzene rings is 1. The zero-order valence-electron chi connectivity index (χ0n) is 16.7. The van der Waals surface area contributed by atoms with Crippen molar-refractivity contribution in [3.63, 3.8) is 0 Å². The maximum atomic E-state index is 6.06. The molecule has 2 fully saturated rings. The van der Waals surface area contributed by atoms with Crippen molar-refractivity contribution in [2.24, 2.45) is 0 Å². The molecule has 3 aromatic rings. The highest BCUT2D eigenvalue weighted by atomic mass is 16.5. The number of hydrogen-bond acceptors (Lipinski definition) is 7. The summed E-state index contributed by atoms with van der Waals surface area (Å²) >= 11 is 0. The highest BCUT2D eigenvalue weighted by Gasteiger charge is 2.24. The van der Waals surface area contributed by atoms with Gasteiger partial charge in [0.05, 0.1) is 36.6 Å². The second-order valence-electron chi connectivity index (χ2n) is 7.81. The van der Waals surface area contributed by atoms with Crippen LogP contribution in [-0.4, -0.2) is 64.8 Å². The lowest BCUT2D eigenvalue weighted by Gasteiger charge is -2.36. The quantitative estimate of drug-likeness (QED) is 0.727. The molecule has 152 valence electrons. The second kappa shape index (κ2) is 7.61. The Kier molecular flexibility index (Phi) is 4.81. The smallest absolute Gasteiger partial charge is 0.132 e. The number of fused-ring (bicyclic) bond motifs is 1. The summed E-state index contributed by atoms with van der Waals surface area (Å²) in [7, 11) is 0. The maximum Gasteiger partial charge on any atom is 0.132 e. The Hall–Kier alpha value is -2.71. The van der Waals surface area contributed by atoms with Gasteiger partial charge in [-0.05, 0) is 32.0 Å². The fourth-order valence-corrected chi connectivity index (χ4v) is 4.07. The normalized spacial score (nSPS) is 24.9. The molecular formula is C21H25N5O3. The Labute approximate surface area is 169 Å². The van der Waals surface area contributed by atoms with E-state index < -0.39 is 0 Å². The lowest BCUT2D eigenvalue weighted by Crippen LogP contribution is -2.45. The third-order valence-electron chi connectivity index (χ3n) is 5.36. The first kappa shape index (κ1) is 18.3. The fraction of sp³-hybridized carbons (Fsp3) is 0.476. The summed E-state index contributed by atoms with van der Waals surface area (Å²) in [5.41, 5.74) is 2.53. The van der Waals surface area contributed by atoms with Crippen molar-refractivity contribution in [2.45, 2.75) is 38.6 Å². The summed E-state index contributed by atoms with van der Waals surface area (Å²) in [6, 6.07) is 7.97. The number of hydrogen-bond donors (Lipinski definition) is 1. The molecule has 1 N–H and O–H groups in total. The number of ether oxygens (including phenoxy) is 3. The Morgan fingerprint density at radius 1 is 1.14 bits per heavy atom. The fourth-order valence-electron chi connectivity index (χ4n) is 4.07. The van der Waals surface area contributed by atoms with Gasteiger partial charge in [-0.2, -0.15) is 5.10 Å². The van der Waals surface area contributed by atoms with Gasteiger partial charge in [0, 0.05) is 31.0 Å². The van der Waals surface area contributed by atoms with Crippen molar-refractivity contribution in [2.75, 3.05) is 31.2 Å². The van der Waals surface area contributed by atoms with Crippen LogP contribution in [0.1, 0.15) is 20.3 Å². The number of aromatic amines is 1. The molecule has 0 spiro atoms. The Morgan fingerprint density at radius 2 is 2.00 bits per heavy atom. The van der Waals surface area contributed by atoms with Gasteiger partial charge in [-0.3, -0.25) is 5.10 Å². The van der Waals surface area contributed by atoms with Gasteiger partial charge in [-0.1, -0.05) is 0 Å². The average Bonchev–Trinajstić information content (AvgIpc) is 3.37. The average molecular weight is 395 g/mol. The Balaban J connectivity index is 1.45. The number of nitrogens with one attached hydrogen (secondary N) is 1. The van der Waals surface area contributed by atoms with Gasteiger partial charge in [0.1, 0.15) is 29.7 Å². The molecule has 2 aliphatic rings. The maximum absolute atomic E-state index is 6.06. The molecule has 2 aliphatic heterocycles. The van der Waals surface area contributed by atoms with Crippen molar-refractivity contribution in [3.8, 4) is 17.1 Å². The summed E-state index contributed by atoms with van der Waals surface area (Å²) in [6.07, 6.45) is 2.97. The SMILES string of the molecule is C[C@@H]1CN(c2cc(-c3n[nH]c4ccc(O[C@@H]5CCOC5)cc34)ncn2)C[C@H](C)O1. The van der Waals surface area contributed by atoms with E-state index in [0.717, 1.165) is 60.0 Å². The lowest BCUT2D eigenvalue weighted by atomic mass is 10.1. The van der Waals surface area contributed by atoms with Crippen LogP contribution in [0.3, 0.4) is 0 Å². The zero-order chi connectivity index (χ0) is 19.8. The topological polar surface area (TPSA) is 85.4 Å². The van der Waals surface area contributed by atoms with Gasteiger partial charge >= 0.3 is 0 Å². The van der Waals surface area contributed by atoms with Crippen LogP contribution in [0.5, 0.6) is 5.75 Å². The van der Waals surface area contributed by atoms with Gasteiger partial charge in [0.15, 0.2) is 0 Å². The largest absolute Gasteiger partial charge is 0.488 e. The van der Waals surface area contributed by atoms with Crippen molar-refractivity contribution >= 4 is 16.7 Å². The van der Waals surface area contributed by atoms with E-state index in [1.165, 1.54) is 0 Å². The number of anilines is 1. The van der Waals surface area contributed by atoms with Gasteiger partial charge < -0.3 is 19.1 Å². The molecule has 2 aromatic heterocycles. The van der Waals surface area contributed by atoms with E-state index in [4.69, 9.17) is 14.2 Å². The van der Waals surface area contributed by atoms with Crippen LogP contribution >= 0.6 is 0 Å². The summed E-state index contributed by atoms with van der Waals surface area (Å²) in [6.45, 7) is 7.19. The van der Waals surface area contributed by atoms with Crippen LogP contribution in [0.4, 0.5) is 5.82 Å². The van der Waals surface area contributed by atoms with Crippen LogP contribution in [0.15, 0.2) is 30.6 Å². The number of nitrogens with zero attached hydrogens (tertiary/aromatic N) is 4. The first-order chi connectivity index (χ1) is 14.2. The molecular weight excluding hydrogens is 370 g/mol. The molecule has 3 atom stereocenters. The molecule has 1 aromatic carbocycles. The van der Waals surface area contributed by atoms with Crippen LogP contribution in [0, 0.1) is 0 Å². The highest BCUT2D eigenvalue weighted by molar-refractivity contribution is 5.93. The summed E-state index contributed by atoms with van der Waals surface area (Å²) in [5, 5.41) is 8.59. The lowest BCUT2D eigenvalue weighted by molar-refractivity contribution is -0.00546. The zero-order valence-corrected chi connectivity index (χ0v) is 16.7. The molecule has 8 heteroatoms. The molecule has 0 unspecified atom stereocenters. The van der Waals surface area contributed by atoms with E-state index in [-0.39, 0.29) is 18.3 Å². The molecule has 0 radical (unpaired) electrons. The molecule has 29 heavy (non-hydrogen) atoms. The molecule has 0 aliphatic carbocycles. The van der Waals surface area contributed by atoms with E-state index in [9.17, 15) is 0 Å². The second-order valence-corrected chi connectivity index (χ2v) is 7.81. The number of H-pyrrole nitrogens is 1. The van der Waals surface area contributed by atoms with Crippen LogP contribution in [-0.2, 0) is 9.47 Å². The van der Waals surface area contributed by atoms with Gasteiger partial charge in [0.25, 0.3) is 0 Å². The molecule has 4 heterocycles. The van der Waals surface area contributed by atoms with Crippen molar-refractivity contribution in [3.05, 3.63) is 30.6 Å². The number of rotatable bonds is 4. The third-order valence-corrected chi connectivity index (χ3v) is 5.36. The van der Waals surface area contributed by atoms with Crippen molar-refractivity contribution in [1.29, 1.82) is 0 Å². The monoisotopic (exact) mass is 395 g/mol. The molecule has 0 saturated carbocycles. The van der Waals surface area contributed by atoms with E-state index in [0.29, 0.717) is 6.61 Å². The molecule has 2 saturated heterocycles. The van der Waals surface area contributed by atoms with Crippen LogP contribution in [0.2, 0.25) is 0 Å². The van der Waals surface area contributed by atoms with Crippen molar-refractivity contribution < 1.29 is 14.2 Å². The predicted molar refractivity (Wildman–Crippen MR) is 109 cm³/mol. The standard InChI is InChI=1S/C21H25N5O3/c1-13-9-26(10-14(2)28-13)20-8-19(22-12-23-20)21-17-7-15(3-4-18(17)24-25-21)29-16-5-6-27-11-16/h3-4,7-8,12-14,16H,5-6,9-11H2,1-2H3,(H,24,25)/t13-,14+,16-/m1/s1. The first-order valence-corrected chi connectivity index (χ1v) is 10.1. The minimum atomic E-state index is 0.110. The summed E-state index contributed by atoms with van der Waals surface area (Å²) in [5.74, 6) is 1.71. The predicted octanol–water partition coefficient (Wildman–Crippen LogP) is 2.80. The summed E-state index contributed by atoms with van der Waals surface area (Å²) < 4.78 is 17.3. The van der Waals surface area contributed by atoms with Gasteiger partial charge in [-0.15, -0.1) is 0 Å². The summed E-state index contributed by atoms with van der Waals surface area (Å²) in [4.78, 5) is 11.2. The van der Waals surface area contributed by atoms with Gasteiger partial charge in [0.2, 0.25) is 0 Å². The number of morpholine rings is 1. The van der Waals surface area contributed by atoms with E-state index >= 15 is 0 Å². The van der Waals surface area contributed by atoms with Gasteiger partial charge in [-0.25, -0.2) is 9.97 Å².